The quantitative estimate of drug-likeness (QED) is 0.196. The number of imide groups is 1. The van der Waals surface area contributed by atoms with E-state index in [9.17, 15) is 9.59 Å². The second-order valence-electron chi connectivity index (χ2n) is 6.74. The van der Waals surface area contributed by atoms with E-state index in [0.717, 1.165) is 30.9 Å². The number of aliphatic imine (C=N–C) groups is 1. The summed E-state index contributed by atoms with van der Waals surface area (Å²) >= 11 is 0. The molecular formula is C20H27IN6O2. The van der Waals surface area contributed by atoms with Gasteiger partial charge in [0.15, 0.2) is 5.96 Å². The third kappa shape index (κ3) is 5.34. The van der Waals surface area contributed by atoms with Crippen LogP contribution >= 0.6 is 24.0 Å². The van der Waals surface area contributed by atoms with Crippen LogP contribution in [0.4, 0.5) is 0 Å². The zero-order chi connectivity index (χ0) is 20.1. The molecule has 0 radical (unpaired) electrons. The Morgan fingerprint density at radius 3 is 2.21 bits per heavy atom. The van der Waals surface area contributed by atoms with Crippen LogP contribution in [0.2, 0.25) is 0 Å². The van der Waals surface area contributed by atoms with Crippen molar-refractivity contribution in [2.75, 3.05) is 26.7 Å². The van der Waals surface area contributed by atoms with Crippen molar-refractivity contribution < 1.29 is 9.59 Å². The molecule has 2 heterocycles. The number of carbonyl (C=O) groups is 2. The molecule has 0 unspecified atom stereocenters. The number of benzene rings is 1. The van der Waals surface area contributed by atoms with Crippen LogP contribution in [0.15, 0.2) is 35.3 Å². The molecule has 8 nitrogen and oxygen atoms in total. The minimum Gasteiger partial charge on any atom is -0.356 e. The first-order valence-electron chi connectivity index (χ1n) is 9.42. The van der Waals surface area contributed by atoms with E-state index in [1.54, 1.807) is 31.3 Å². The van der Waals surface area contributed by atoms with Gasteiger partial charge in [-0.2, -0.15) is 5.10 Å². The number of halogens is 1. The normalized spacial score (nSPS) is 13.3. The van der Waals surface area contributed by atoms with E-state index in [1.807, 2.05) is 18.5 Å². The monoisotopic (exact) mass is 510 g/mol. The minimum absolute atomic E-state index is 0. The van der Waals surface area contributed by atoms with Gasteiger partial charge < -0.3 is 10.6 Å². The lowest BCUT2D eigenvalue weighted by atomic mass is 10.1. The van der Waals surface area contributed by atoms with Crippen molar-refractivity contribution in [3.63, 3.8) is 0 Å². The number of amides is 2. The van der Waals surface area contributed by atoms with Crippen LogP contribution in [0, 0.1) is 13.8 Å². The largest absolute Gasteiger partial charge is 0.356 e. The van der Waals surface area contributed by atoms with Crippen LogP contribution < -0.4 is 10.6 Å². The summed E-state index contributed by atoms with van der Waals surface area (Å²) in [6, 6.07) is 8.97. The molecule has 2 N–H and O–H groups in total. The van der Waals surface area contributed by atoms with Gasteiger partial charge in [-0.1, -0.05) is 12.1 Å². The number of fused-ring (bicyclic) bond motifs is 1. The molecule has 0 saturated heterocycles. The lowest BCUT2D eigenvalue weighted by molar-refractivity contribution is 0.0657. The summed E-state index contributed by atoms with van der Waals surface area (Å²) in [7, 11) is 1.69. The summed E-state index contributed by atoms with van der Waals surface area (Å²) < 4.78 is 2.00. The van der Waals surface area contributed by atoms with E-state index in [-0.39, 0.29) is 35.8 Å². The molecule has 0 spiro atoms. The topological polar surface area (TPSA) is 91.6 Å². The number of nitrogens with one attached hydrogen (secondary N) is 2. The summed E-state index contributed by atoms with van der Waals surface area (Å²) in [4.78, 5) is 30.2. The first-order valence-corrected chi connectivity index (χ1v) is 9.42. The molecular weight excluding hydrogens is 483 g/mol. The summed E-state index contributed by atoms with van der Waals surface area (Å²) in [5, 5.41) is 10.8. The van der Waals surface area contributed by atoms with E-state index in [2.05, 4.69) is 26.8 Å². The standard InChI is InChI=1S/C20H26N6O2.HI/c1-14-13-15(2)26(24-14)11-6-9-22-20(21-3)23-10-12-25-18(27)16-7-4-5-8-17(16)19(25)28;/h4-5,7-8,13H,6,9-12H2,1-3H3,(H2,21,22,23);1H. The molecule has 3 rings (SSSR count). The second kappa shape index (κ2) is 10.4. The molecule has 1 aromatic heterocycles. The van der Waals surface area contributed by atoms with Crippen molar-refractivity contribution >= 4 is 41.8 Å². The highest BCUT2D eigenvalue weighted by Gasteiger charge is 2.34. The average Bonchev–Trinajstić information content (AvgIpc) is 3.14. The van der Waals surface area contributed by atoms with E-state index in [1.165, 1.54) is 4.90 Å². The van der Waals surface area contributed by atoms with E-state index in [4.69, 9.17) is 0 Å². The van der Waals surface area contributed by atoms with Crippen LogP contribution in [-0.2, 0) is 6.54 Å². The van der Waals surface area contributed by atoms with Gasteiger partial charge in [0.25, 0.3) is 11.8 Å². The SMILES string of the molecule is CN=C(NCCCn1nc(C)cc1C)NCCN1C(=O)c2ccccc2C1=O.I. The van der Waals surface area contributed by atoms with Crippen molar-refractivity contribution in [3.05, 3.63) is 52.8 Å². The highest BCUT2D eigenvalue weighted by atomic mass is 127. The molecule has 2 amide bonds. The summed E-state index contributed by atoms with van der Waals surface area (Å²) in [6.45, 7) is 6.33. The van der Waals surface area contributed by atoms with Crippen molar-refractivity contribution in [2.45, 2.75) is 26.8 Å². The van der Waals surface area contributed by atoms with Crippen molar-refractivity contribution in [1.82, 2.24) is 25.3 Å². The molecule has 0 atom stereocenters. The molecule has 1 aliphatic heterocycles. The maximum absolute atomic E-state index is 12.4. The van der Waals surface area contributed by atoms with E-state index < -0.39 is 0 Å². The molecule has 1 aromatic carbocycles. The molecule has 0 saturated carbocycles. The third-order valence-corrected chi connectivity index (χ3v) is 4.67. The number of rotatable bonds is 7. The number of nitrogens with zero attached hydrogens (tertiary/aromatic N) is 4. The van der Waals surface area contributed by atoms with Crippen molar-refractivity contribution in [1.29, 1.82) is 0 Å². The average molecular weight is 510 g/mol. The molecule has 0 aliphatic carbocycles. The highest BCUT2D eigenvalue weighted by Crippen LogP contribution is 2.21. The number of hydrogen-bond donors (Lipinski definition) is 2. The van der Waals surface area contributed by atoms with Crippen LogP contribution in [-0.4, -0.2) is 59.1 Å². The molecule has 29 heavy (non-hydrogen) atoms. The van der Waals surface area contributed by atoms with Gasteiger partial charge in [-0.25, -0.2) is 0 Å². The number of guanidine groups is 1. The maximum atomic E-state index is 12.4. The lowest BCUT2D eigenvalue weighted by Crippen LogP contribution is -2.43. The van der Waals surface area contributed by atoms with Gasteiger partial charge in [0.05, 0.1) is 16.8 Å². The molecule has 0 bridgehead atoms. The third-order valence-electron chi connectivity index (χ3n) is 4.67. The zero-order valence-electron chi connectivity index (χ0n) is 16.9. The Morgan fingerprint density at radius 2 is 1.66 bits per heavy atom. The number of aromatic nitrogens is 2. The fourth-order valence-corrected chi connectivity index (χ4v) is 3.29. The number of aryl methyl sites for hydroxylation is 3. The van der Waals surface area contributed by atoms with Gasteiger partial charge in [-0.3, -0.25) is 24.2 Å². The van der Waals surface area contributed by atoms with Crippen LogP contribution in [0.25, 0.3) is 0 Å². The van der Waals surface area contributed by atoms with Crippen LogP contribution in [0.1, 0.15) is 38.5 Å². The molecule has 156 valence electrons. The van der Waals surface area contributed by atoms with Gasteiger partial charge in [-0.05, 0) is 38.5 Å². The maximum Gasteiger partial charge on any atom is 0.261 e. The lowest BCUT2D eigenvalue weighted by Gasteiger charge is -2.16. The van der Waals surface area contributed by atoms with Crippen molar-refractivity contribution in [3.8, 4) is 0 Å². The summed E-state index contributed by atoms with van der Waals surface area (Å²) in [5.41, 5.74) is 3.12. The molecule has 9 heteroatoms. The Balaban J connectivity index is 0.00000300. The van der Waals surface area contributed by atoms with E-state index >= 15 is 0 Å². The first-order chi connectivity index (χ1) is 13.5. The minimum atomic E-state index is -0.241. The second-order valence-corrected chi connectivity index (χ2v) is 6.74. The van der Waals surface area contributed by atoms with Gasteiger partial charge >= 0.3 is 0 Å². The van der Waals surface area contributed by atoms with Gasteiger partial charge in [0.2, 0.25) is 0 Å². The van der Waals surface area contributed by atoms with Gasteiger partial charge in [-0.15, -0.1) is 24.0 Å². The van der Waals surface area contributed by atoms with E-state index in [0.29, 0.717) is 30.2 Å². The zero-order valence-corrected chi connectivity index (χ0v) is 19.3. The highest BCUT2D eigenvalue weighted by molar-refractivity contribution is 14.0. The summed E-state index contributed by atoms with van der Waals surface area (Å²) in [6.07, 6.45) is 0.904. The predicted molar refractivity (Wildman–Crippen MR) is 123 cm³/mol. The molecule has 1 aliphatic rings. The Labute approximate surface area is 187 Å². The fourth-order valence-electron chi connectivity index (χ4n) is 3.29. The fraction of sp³-hybridized carbons (Fsp3) is 0.400. The molecule has 0 fully saturated rings. The number of carbonyl (C=O) groups excluding carboxylic acids is 2. The predicted octanol–water partition coefficient (Wildman–Crippen LogP) is 1.97. The Bertz CT molecular complexity index is 873. The Morgan fingerprint density at radius 1 is 1.03 bits per heavy atom. The summed E-state index contributed by atoms with van der Waals surface area (Å²) in [5.74, 6) is 0.162. The van der Waals surface area contributed by atoms with Crippen LogP contribution in [0.5, 0.6) is 0 Å². The molecule has 2 aromatic rings. The Hall–Kier alpha value is -2.43. The van der Waals surface area contributed by atoms with Gasteiger partial charge in [0.1, 0.15) is 0 Å². The number of hydrogen-bond acceptors (Lipinski definition) is 4. The van der Waals surface area contributed by atoms with Crippen LogP contribution in [0.3, 0.4) is 0 Å². The first kappa shape index (κ1) is 22.9. The smallest absolute Gasteiger partial charge is 0.261 e. The Kier molecular flexibility index (Phi) is 8.18. The van der Waals surface area contributed by atoms with Crippen molar-refractivity contribution in [2.24, 2.45) is 4.99 Å². The van der Waals surface area contributed by atoms with Gasteiger partial charge in [0, 0.05) is 38.9 Å².